The summed E-state index contributed by atoms with van der Waals surface area (Å²) in [5.74, 6) is 0.559. The zero-order chi connectivity index (χ0) is 12.8. The van der Waals surface area contributed by atoms with Crippen LogP contribution in [0.15, 0.2) is 42.9 Å². The molecule has 0 saturated heterocycles. The van der Waals surface area contributed by atoms with Gasteiger partial charge in [-0.05, 0) is 43.2 Å². The van der Waals surface area contributed by atoms with Crippen molar-refractivity contribution in [3.63, 3.8) is 0 Å². The third-order valence-electron chi connectivity index (χ3n) is 2.94. The van der Waals surface area contributed by atoms with Crippen molar-refractivity contribution in [2.75, 3.05) is 23.7 Å². The molecule has 2 rings (SSSR count). The van der Waals surface area contributed by atoms with Crippen molar-refractivity contribution in [3.8, 4) is 0 Å². The van der Waals surface area contributed by atoms with E-state index in [0.717, 1.165) is 25.2 Å². The van der Waals surface area contributed by atoms with Crippen LogP contribution in [0.4, 0.5) is 11.5 Å². The Bertz CT molecular complexity index is 467. The highest BCUT2D eigenvalue weighted by atomic mass is 15.1. The van der Waals surface area contributed by atoms with Gasteiger partial charge in [0, 0.05) is 25.5 Å². The summed E-state index contributed by atoms with van der Waals surface area (Å²) in [5.41, 5.74) is 8.01. The van der Waals surface area contributed by atoms with Crippen molar-refractivity contribution in [1.82, 2.24) is 9.97 Å². The Morgan fingerprint density at radius 1 is 1.17 bits per heavy atom. The predicted molar refractivity (Wildman–Crippen MR) is 74.5 cm³/mol. The summed E-state index contributed by atoms with van der Waals surface area (Å²) >= 11 is 0. The largest absolute Gasteiger partial charge is 0.384 e. The highest BCUT2D eigenvalue weighted by molar-refractivity contribution is 5.47. The van der Waals surface area contributed by atoms with Crippen molar-refractivity contribution in [3.05, 3.63) is 48.4 Å². The Hall–Kier alpha value is -2.10. The molecule has 0 atom stereocenters. The zero-order valence-electron chi connectivity index (χ0n) is 10.6. The van der Waals surface area contributed by atoms with Crippen molar-refractivity contribution < 1.29 is 0 Å². The summed E-state index contributed by atoms with van der Waals surface area (Å²) < 4.78 is 0. The number of nitrogens with zero attached hydrogens (tertiary/aromatic N) is 3. The Balaban J connectivity index is 1.99. The predicted octanol–water partition coefficient (Wildman–Crippen LogP) is 2.13. The third kappa shape index (κ3) is 3.20. The molecule has 0 aliphatic heterocycles. The van der Waals surface area contributed by atoms with E-state index in [1.807, 2.05) is 30.7 Å². The first-order valence-corrected chi connectivity index (χ1v) is 6.15. The van der Waals surface area contributed by atoms with Gasteiger partial charge >= 0.3 is 0 Å². The number of aromatic nitrogens is 2. The Morgan fingerprint density at radius 3 is 2.56 bits per heavy atom. The lowest BCUT2D eigenvalue weighted by Crippen LogP contribution is -2.25. The average Bonchev–Trinajstić information content (AvgIpc) is 2.42. The van der Waals surface area contributed by atoms with E-state index in [-0.39, 0.29) is 0 Å². The van der Waals surface area contributed by atoms with Crippen molar-refractivity contribution >= 4 is 11.5 Å². The second kappa shape index (κ2) is 6.00. The van der Waals surface area contributed by atoms with Crippen molar-refractivity contribution in [2.24, 2.45) is 0 Å². The van der Waals surface area contributed by atoms with Crippen LogP contribution >= 0.6 is 0 Å². The second-order valence-electron chi connectivity index (χ2n) is 4.13. The standard InChI is InChI=1S/C14H18N4/c1-2-18(13-3-4-14(15)17-11-13)10-7-12-5-8-16-9-6-12/h3-6,8-9,11H,2,7,10H2,1H3,(H2,15,17). The molecular weight excluding hydrogens is 224 g/mol. The quantitative estimate of drug-likeness (QED) is 0.872. The molecule has 0 aliphatic carbocycles. The maximum absolute atomic E-state index is 5.60. The topological polar surface area (TPSA) is 55.0 Å². The van der Waals surface area contributed by atoms with Crippen LogP contribution in [0.1, 0.15) is 12.5 Å². The molecule has 0 amide bonds. The molecule has 94 valence electrons. The van der Waals surface area contributed by atoms with E-state index in [1.165, 1.54) is 5.56 Å². The highest BCUT2D eigenvalue weighted by Crippen LogP contribution is 2.14. The van der Waals surface area contributed by atoms with E-state index < -0.39 is 0 Å². The number of hydrogen-bond acceptors (Lipinski definition) is 4. The zero-order valence-corrected chi connectivity index (χ0v) is 10.6. The summed E-state index contributed by atoms with van der Waals surface area (Å²) in [6.07, 6.45) is 6.49. The smallest absolute Gasteiger partial charge is 0.123 e. The Kier molecular flexibility index (Phi) is 4.12. The molecule has 0 saturated carbocycles. The van der Waals surface area contributed by atoms with Gasteiger partial charge in [-0.15, -0.1) is 0 Å². The number of hydrogen-bond donors (Lipinski definition) is 1. The number of nitrogen functional groups attached to an aromatic ring is 1. The summed E-state index contributed by atoms with van der Waals surface area (Å²) in [7, 11) is 0. The van der Waals surface area contributed by atoms with E-state index in [9.17, 15) is 0 Å². The molecule has 0 bridgehead atoms. The SMILES string of the molecule is CCN(CCc1ccncc1)c1ccc(N)nc1. The van der Waals surface area contributed by atoms with Gasteiger partial charge in [0.1, 0.15) is 5.82 Å². The summed E-state index contributed by atoms with van der Waals surface area (Å²) in [6, 6.07) is 7.95. The molecule has 0 fully saturated rings. The maximum atomic E-state index is 5.60. The lowest BCUT2D eigenvalue weighted by atomic mass is 10.2. The molecule has 2 aromatic heterocycles. The number of likely N-dealkylation sites (N-methyl/N-ethyl adjacent to an activating group) is 1. The molecule has 0 spiro atoms. The lowest BCUT2D eigenvalue weighted by Gasteiger charge is -2.22. The van der Waals surface area contributed by atoms with Gasteiger partial charge in [-0.3, -0.25) is 4.98 Å². The molecule has 2 heterocycles. The average molecular weight is 242 g/mol. The molecule has 2 aromatic rings. The first-order chi connectivity index (χ1) is 8.79. The van der Waals surface area contributed by atoms with Crippen LogP contribution < -0.4 is 10.6 Å². The fraction of sp³-hybridized carbons (Fsp3) is 0.286. The van der Waals surface area contributed by atoms with E-state index in [0.29, 0.717) is 5.82 Å². The van der Waals surface area contributed by atoms with E-state index in [2.05, 4.69) is 33.9 Å². The number of pyridine rings is 2. The summed E-state index contributed by atoms with van der Waals surface area (Å²) in [5, 5.41) is 0. The minimum absolute atomic E-state index is 0.559. The van der Waals surface area contributed by atoms with Gasteiger partial charge in [-0.1, -0.05) is 0 Å². The first kappa shape index (κ1) is 12.4. The van der Waals surface area contributed by atoms with E-state index in [4.69, 9.17) is 5.73 Å². The number of nitrogens with two attached hydrogens (primary N) is 1. The first-order valence-electron chi connectivity index (χ1n) is 6.15. The fourth-order valence-corrected chi connectivity index (χ4v) is 1.87. The third-order valence-corrected chi connectivity index (χ3v) is 2.94. The van der Waals surface area contributed by atoms with Gasteiger partial charge in [0.05, 0.1) is 11.9 Å². The molecule has 4 heteroatoms. The van der Waals surface area contributed by atoms with Gasteiger partial charge in [0.15, 0.2) is 0 Å². The minimum Gasteiger partial charge on any atom is -0.384 e. The number of anilines is 2. The maximum Gasteiger partial charge on any atom is 0.123 e. The molecule has 0 radical (unpaired) electrons. The Morgan fingerprint density at radius 2 is 1.94 bits per heavy atom. The molecule has 0 aromatic carbocycles. The summed E-state index contributed by atoms with van der Waals surface area (Å²) in [6.45, 7) is 4.06. The van der Waals surface area contributed by atoms with Gasteiger partial charge in [-0.25, -0.2) is 4.98 Å². The summed E-state index contributed by atoms with van der Waals surface area (Å²) in [4.78, 5) is 10.4. The van der Waals surface area contributed by atoms with Gasteiger partial charge in [0.2, 0.25) is 0 Å². The molecule has 2 N–H and O–H groups in total. The van der Waals surface area contributed by atoms with Crippen LogP contribution in [-0.2, 0) is 6.42 Å². The fourth-order valence-electron chi connectivity index (χ4n) is 1.87. The molecule has 0 aliphatic rings. The number of rotatable bonds is 5. The normalized spacial score (nSPS) is 10.3. The highest BCUT2D eigenvalue weighted by Gasteiger charge is 2.04. The monoisotopic (exact) mass is 242 g/mol. The van der Waals surface area contributed by atoms with E-state index >= 15 is 0 Å². The van der Waals surface area contributed by atoms with Crippen LogP contribution in [0.3, 0.4) is 0 Å². The van der Waals surface area contributed by atoms with Crippen LogP contribution in [0.25, 0.3) is 0 Å². The lowest BCUT2D eigenvalue weighted by molar-refractivity contribution is 0.806. The second-order valence-corrected chi connectivity index (χ2v) is 4.13. The van der Waals surface area contributed by atoms with Gasteiger partial charge < -0.3 is 10.6 Å². The van der Waals surface area contributed by atoms with Gasteiger partial charge in [-0.2, -0.15) is 0 Å². The molecule has 4 nitrogen and oxygen atoms in total. The van der Waals surface area contributed by atoms with Crippen molar-refractivity contribution in [1.29, 1.82) is 0 Å². The van der Waals surface area contributed by atoms with Crippen LogP contribution in [0.2, 0.25) is 0 Å². The van der Waals surface area contributed by atoms with Gasteiger partial charge in [0.25, 0.3) is 0 Å². The van der Waals surface area contributed by atoms with Crippen LogP contribution in [0, 0.1) is 0 Å². The molecule has 0 unspecified atom stereocenters. The van der Waals surface area contributed by atoms with Crippen molar-refractivity contribution in [2.45, 2.75) is 13.3 Å². The molecule has 18 heavy (non-hydrogen) atoms. The van der Waals surface area contributed by atoms with Crippen LogP contribution in [0.5, 0.6) is 0 Å². The van der Waals surface area contributed by atoms with Crippen LogP contribution in [-0.4, -0.2) is 23.1 Å². The molecular formula is C14H18N4. The van der Waals surface area contributed by atoms with E-state index in [1.54, 1.807) is 0 Å². The Labute approximate surface area is 107 Å². The minimum atomic E-state index is 0.559.